The van der Waals surface area contributed by atoms with E-state index in [4.69, 9.17) is 10.8 Å². The van der Waals surface area contributed by atoms with Crippen LogP contribution in [0.3, 0.4) is 0 Å². The van der Waals surface area contributed by atoms with E-state index in [0.717, 1.165) is 36.3 Å². The second-order valence-electron chi connectivity index (χ2n) is 4.86. The van der Waals surface area contributed by atoms with Crippen molar-refractivity contribution in [3.05, 3.63) is 23.8 Å². The monoisotopic (exact) mass is 234 g/mol. The summed E-state index contributed by atoms with van der Waals surface area (Å²) in [6.07, 6.45) is 4.48. The van der Waals surface area contributed by atoms with E-state index in [1.54, 1.807) is 0 Å². The molecular formula is C14H22N2O. The van der Waals surface area contributed by atoms with Crippen LogP contribution in [-0.2, 0) is 0 Å². The first-order valence-electron chi connectivity index (χ1n) is 6.46. The Bertz CT molecular complexity index is 376. The SMILES string of the molecule is Cc1cccc(N2CCCCC2CCO)c1N. The van der Waals surface area contributed by atoms with Crippen molar-refractivity contribution < 1.29 is 5.11 Å². The second-order valence-corrected chi connectivity index (χ2v) is 4.86. The number of benzene rings is 1. The fourth-order valence-electron chi connectivity index (χ4n) is 2.68. The van der Waals surface area contributed by atoms with E-state index in [9.17, 15) is 0 Å². The highest BCUT2D eigenvalue weighted by Crippen LogP contribution is 2.32. The van der Waals surface area contributed by atoms with Gasteiger partial charge in [0.1, 0.15) is 0 Å². The summed E-state index contributed by atoms with van der Waals surface area (Å²) >= 11 is 0. The maximum Gasteiger partial charge on any atom is 0.0605 e. The van der Waals surface area contributed by atoms with Gasteiger partial charge in [0, 0.05) is 19.2 Å². The topological polar surface area (TPSA) is 49.5 Å². The minimum absolute atomic E-state index is 0.257. The predicted molar refractivity (Wildman–Crippen MR) is 72.3 cm³/mol. The Hall–Kier alpha value is -1.22. The second kappa shape index (κ2) is 5.41. The largest absolute Gasteiger partial charge is 0.397 e. The van der Waals surface area contributed by atoms with Crippen molar-refractivity contribution in [2.24, 2.45) is 0 Å². The van der Waals surface area contributed by atoms with Gasteiger partial charge in [0.2, 0.25) is 0 Å². The lowest BCUT2D eigenvalue weighted by molar-refractivity contribution is 0.262. The van der Waals surface area contributed by atoms with Gasteiger partial charge >= 0.3 is 0 Å². The first kappa shape index (κ1) is 12.2. The first-order valence-corrected chi connectivity index (χ1v) is 6.46. The smallest absolute Gasteiger partial charge is 0.0605 e. The fourth-order valence-corrected chi connectivity index (χ4v) is 2.68. The molecule has 0 amide bonds. The third kappa shape index (κ3) is 2.55. The van der Waals surface area contributed by atoms with Gasteiger partial charge in [0.15, 0.2) is 0 Å². The lowest BCUT2D eigenvalue weighted by Crippen LogP contribution is -2.40. The third-order valence-electron chi connectivity index (χ3n) is 3.70. The van der Waals surface area contributed by atoms with Gasteiger partial charge in [-0.2, -0.15) is 0 Å². The summed E-state index contributed by atoms with van der Waals surface area (Å²) in [6, 6.07) is 6.64. The Kier molecular flexibility index (Phi) is 3.89. The van der Waals surface area contributed by atoms with Crippen LogP contribution in [0.4, 0.5) is 11.4 Å². The van der Waals surface area contributed by atoms with Crippen molar-refractivity contribution in [2.45, 2.75) is 38.6 Å². The Morgan fingerprint density at radius 2 is 2.24 bits per heavy atom. The quantitative estimate of drug-likeness (QED) is 0.789. The molecule has 1 unspecified atom stereocenters. The number of aliphatic hydroxyl groups excluding tert-OH is 1. The van der Waals surface area contributed by atoms with Gasteiger partial charge in [0.05, 0.1) is 11.4 Å². The van der Waals surface area contributed by atoms with Crippen LogP contribution in [0.2, 0.25) is 0 Å². The van der Waals surface area contributed by atoms with Gasteiger partial charge in [-0.05, 0) is 44.2 Å². The summed E-state index contributed by atoms with van der Waals surface area (Å²) in [5.74, 6) is 0. The third-order valence-corrected chi connectivity index (χ3v) is 3.70. The number of hydrogen-bond donors (Lipinski definition) is 2. The zero-order valence-electron chi connectivity index (χ0n) is 10.5. The van der Waals surface area contributed by atoms with Crippen LogP contribution in [0.25, 0.3) is 0 Å². The van der Waals surface area contributed by atoms with Crippen molar-refractivity contribution >= 4 is 11.4 Å². The average molecular weight is 234 g/mol. The van der Waals surface area contributed by atoms with Crippen molar-refractivity contribution in [3.8, 4) is 0 Å². The molecule has 1 saturated heterocycles. The molecule has 1 aromatic rings. The molecule has 94 valence electrons. The molecule has 1 aromatic carbocycles. The molecular weight excluding hydrogens is 212 g/mol. The van der Waals surface area contributed by atoms with Crippen molar-refractivity contribution in [3.63, 3.8) is 0 Å². The summed E-state index contributed by atoms with van der Waals surface area (Å²) < 4.78 is 0. The average Bonchev–Trinajstić information content (AvgIpc) is 2.34. The maximum atomic E-state index is 9.15. The van der Waals surface area contributed by atoms with E-state index in [-0.39, 0.29) is 6.61 Å². The lowest BCUT2D eigenvalue weighted by atomic mass is 9.98. The number of hydrogen-bond acceptors (Lipinski definition) is 3. The number of anilines is 2. The normalized spacial score (nSPS) is 20.6. The number of piperidine rings is 1. The molecule has 3 heteroatoms. The van der Waals surface area contributed by atoms with E-state index < -0.39 is 0 Å². The van der Waals surface area contributed by atoms with E-state index in [0.29, 0.717) is 6.04 Å². The number of nitrogens with two attached hydrogens (primary N) is 1. The van der Waals surface area contributed by atoms with Gasteiger partial charge in [0.25, 0.3) is 0 Å². The van der Waals surface area contributed by atoms with Crippen LogP contribution >= 0.6 is 0 Å². The zero-order valence-corrected chi connectivity index (χ0v) is 10.5. The molecule has 1 aliphatic heterocycles. The number of rotatable bonds is 3. The first-order chi connectivity index (χ1) is 8.24. The molecule has 1 heterocycles. The van der Waals surface area contributed by atoms with Crippen LogP contribution in [0.1, 0.15) is 31.2 Å². The van der Waals surface area contributed by atoms with Crippen molar-refractivity contribution in [2.75, 3.05) is 23.8 Å². The molecule has 3 N–H and O–H groups in total. The van der Waals surface area contributed by atoms with Crippen molar-refractivity contribution in [1.29, 1.82) is 0 Å². The molecule has 2 rings (SSSR count). The molecule has 1 atom stereocenters. The van der Waals surface area contributed by atoms with Gasteiger partial charge in [-0.15, -0.1) is 0 Å². The summed E-state index contributed by atoms with van der Waals surface area (Å²) in [6.45, 7) is 3.36. The highest BCUT2D eigenvalue weighted by atomic mass is 16.3. The molecule has 0 aliphatic carbocycles. The standard InChI is InChI=1S/C14H22N2O/c1-11-5-4-7-13(14(11)15)16-9-3-2-6-12(16)8-10-17/h4-5,7,12,17H,2-3,6,8-10,15H2,1H3. The molecule has 0 saturated carbocycles. The maximum absolute atomic E-state index is 9.15. The predicted octanol–water partition coefficient (Wildman–Crippen LogP) is 2.32. The molecule has 0 bridgehead atoms. The molecule has 1 fully saturated rings. The summed E-state index contributed by atoms with van der Waals surface area (Å²) in [7, 11) is 0. The van der Waals surface area contributed by atoms with Gasteiger partial charge in [-0.1, -0.05) is 12.1 Å². The summed E-state index contributed by atoms with van der Waals surface area (Å²) in [5.41, 5.74) is 9.33. The molecule has 17 heavy (non-hydrogen) atoms. The number of nitrogens with zero attached hydrogens (tertiary/aromatic N) is 1. The summed E-state index contributed by atoms with van der Waals surface area (Å²) in [5, 5.41) is 9.15. The number of para-hydroxylation sites is 1. The molecule has 3 nitrogen and oxygen atoms in total. The zero-order chi connectivity index (χ0) is 12.3. The Balaban J connectivity index is 2.26. The lowest BCUT2D eigenvalue weighted by Gasteiger charge is -2.38. The van der Waals surface area contributed by atoms with Gasteiger partial charge in [-0.25, -0.2) is 0 Å². The minimum Gasteiger partial charge on any atom is -0.397 e. The van der Waals surface area contributed by atoms with Gasteiger partial charge < -0.3 is 15.7 Å². The molecule has 1 aliphatic rings. The van der Waals surface area contributed by atoms with Gasteiger partial charge in [-0.3, -0.25) is 0 Å². The minimum atomic E-state index is 0.257. The molecule has 0 aromatic heterocycles. The fraction of sp³-hybridized carbons (Fsp3) is 0.571. The Morgan fingerprint density at radius 3 is 3.00 bits per heavy atom. The van der Waals surface area contributed by atoms with E-state index >= 15 is 0 Å². The van der Waals surface area contributed by atoms with Crippen LogP contribution in [0.5, 0.6) is 0 Å². The highest BCUT2D eigenvalue weighted by Gasteiger charge is 2.23. The van der Waals surface area contributed by atoms with Crippen molar-refractivity contribution in [1.82, 2.24) is 0 Å². The Morgan fingerprint density at radius 1 is 1.41 bits per heavy atom. The van der Waals surface area contributed by atoms with E-state index in [1.807, 2.05) is 13.0 Å². The number of aryl methyl sites for hydroxylation is 1. The highest BCUT2D eigenvalue weighted by molar-refractivity contribution is 5.71. The number of aliphatic hydroxyl groups is 1. The molecule has 0 radical (unpaired) electrons. The number of nitrogen functional groups attached to an aromatic ring is 1. The van der Waals surface area contributed by atoms with Crippen LogP contribution in [-0.4, -0.2) is 24.3 Å². The van der Waals surface area contributed by atoms with Crippen LogP contribution in [0.15, 0.2) is 18.2 Å². The van der Waals surface area contributed by atoms with Crippen LogP contribution in [0, 0.1) is 6.92 Å². The van der Waals surface area contributed by atoms with E-state index in [1.165, 1.54) is 12.8 Å². The van der Waals surface area contributed by atoms with Crippen LogP contribution < -0.4 is 10.6 Å². The van der Waals surface area contributed by atoms with E-state index in [2.05, 4.69) is 17.0 Å². The summed E-state index contributed by atoms with van der Waals surface area (Å²) in [4.78, 5) is 2.38. The Labute approximate surface area is 103 Å². The molecule has 0 spiro atoms.